The molecule has 2 bridgehead atoms. The number of carbonyl (C=O) groups is 1. The molecule has 6 nitrogen and oxygen atoms in total. The van der Waals surface area contributed by atoms with Crippen LogP contribution in [0.4, 0.5) is 9.18 Å². The van der Waals surface area contributed by atoms with Gasteiger partial charge in [-0.05, 0) is 23.3 Å². The molecule has 2 aromatic rings. The number of piperidine rings is 1. The standard InChI is InChI=1S/C22H24FNO5/c1-27-20-9-16(7-8-19(20)23)22(26)10-17-13-28-14-18(11-22)24(17)21(25)29-12-15-5-3-2-4-6-15/h2-9,17-18,26H,10-14H2,1H3. The fourth-order valence-electron chi connectivity index (χ4n) is 4.25. The summed E-state index contributed by atoms with van der Waals surface area (Å²) in [5.74, 6) is -0.396. The number of rotatable bonds is 4. The molecule has 29 heavy (non-hydrogen) atoms. The molecule has 2 atom stereocenters. The molecule has 1 amide bonds. The average Bonchev–Trinajstić information content (AvgIpc) is 2.72. The van der Waals surface area contributed by atoms with Crippen LogP contribution in [-0.2, 0) is 21.7 Å². The first-order valence-corrected chi connectivity index (χ1v) is 9.63. The second-order valence-corrected chi connectivity index (χ2v) is 7.58. The van der Waals surface area contributed by atoms with E-state index in [0.29, 0.717) is 18.8 Å². The zero-order valence-corrected chi connectivity index (χ0v) is 16.2. The number of nitrogens with zero attached hydrogens (tertiary/aromatic N) is 1. The Bertz CT molecular complexity index is 861. The largest absolute Gasteiger partial charge is 0.494 e. The first-order chi connectivity index (χ1) is 14.0. The van der Waals surface area contributed by atoms with Crippen LogP contribution >= 0.6 is 0 Å². The number of amides is 1. The molecule has 154 valence electrons. The molecule has 2 fully saturated rings. The number of carbonyl (C=O) groups excluding carboxylic acids is 1. The van der Waals surface area contributed by atoms with Gasteiger partial charge in [-0.15, -0.1) is 0 Å². The predicted octanol–water partition coefficient (Wildman–Crippen LogP) is 3.22. The third-order valence-electron chi connectivity index (χ3n) is 5.66. The molecule has 0 aromatic heterocycles. The van der Waals surface area contributed by atoms with Crippen molar-refractivity contribution in [3.05, 3.63) is 65.5 Å². The van der Waals surface area contributed by atoms with Crippen molar-refractivity contribution >= 4 is 6.09 Å². The van der Waals surface area contributed by atoms with E-state index in [1.165, 1.54) is 19.2 Å². The number of methoxy groups -OCH3 is 1. The van der Waals surface area contributed by atoms with Crippen molar-refractivity contribution in [3.63, 3.8) is 0 Å². The molecule has 2 unspecified atom stereocenters. The van der Waals surface area contributed by atoms with Gasteiger partial charge in [-0.3, -0.25) is 4.90 Å². The van der Waals surface area contributed by atoms with E-state index < -0.39 is 17.5 Å². The molecular formula is C22H24FNO5. The molecule has 2 aliphatic rings. The van der Waals surface area contributed by atoms with Gasteiger partial charge >= 0.3 is 6.09 Å². The van der Waals surface area contributed by atoms with Crippen molar-refractivity contribution in [1.29, 1.82) is 0 Å². The van der Waals surface area contributed by atoms with Crippen molar-refractivity contribution in [1.82, 2.24) is 4.90 Å². The highest BCUT2D eigenvalue weighted by molar-refractivity contribution is 5.69. The monoisotopic (exact) mass is 401 g/mol. The van der Waals surface area contributed by atoms with E-state index in [1.54, 1.807) is 11.0 Å². The van der Waals surface area contributed by atoms with E-state index in [4.69, 9.17) is 14.2 Å². The van der Waals surface area contributed by atoms with Crippen molar-refractivity contribution in [3.8, 4) is 5.75 Å². The van der Waals surface area contributed by atoms with Gasteiger partial charge in [-0.25, -0.2) is 9.18 Å². The number of morpholine rings is 1. The Morgan fingerprint density at radius 3 is 2.55 bits per heavy atom. The molecular weight excluding hydrogens is 377 g/mol. The molecule has 0 spiro atoms. The number of hydrogen-bond acceptors (Lipinski definition) is 5. The fraction of sp³-hybridized carbons (Fsp3) is 0.409. The Morgan fingerprint density at radius 1 is 1.21 bits per heavy atom. The van der Waals surface area contributed by atoms with Gasteiger partial charge in [0.25, 0.3) is 0 Å². The number of halogens is 1. The van der Waals surface area contributed by atoms with E-state index in [9.17, 15) is 14.3 Å². The van der Waals surface area contributed by atoms with E-state index >= 15 is 0 Å². The zero-order chi connectivity index (χ0) is 20.4. The third kappa shape index (κ3) is 3.93. The summed E-state index contributed by atoms with van der Waals surface area (Å²) in [5.41, 5.74) is 0.287. The van der Waals surface area contributed by atoms with Crippen LogP contribution in [0.15, 0.2) is 48.5 Å². The molecule has 0 radical (unpaired) electrons. The summed E-state index contributed by atoms with van der Waals surface area (Å²) < 4.78 is 30.0. The minimum Gasteiger partial charge on any atom is -0.494 e. The van der Waals surface area contributed by atoms with Crippen LogP contribution in [0.1, 0.15) is 24.0 Å². The van der Waals surface area contributed by atoms with Gasteiger partial charge in [0.1, 0.15) is 6.61 Å². The van der Waals surface area contributed by atoms with Gasteiger partial charge in [0.2, 0.25) is 0 Å². The quantitative estimate of drug-likeness (QED) is 0.852. The number of aliphatic hydroxyl groups is 1. The molecule has 2 heterocycles. The van der Waals surface area contributed by atoms with E-state index in [2.05, 4.69) is 0 Å². The molecule has 7 heteroatoms. The highest BCUT2D eigenvalue weighted by atomic mass is 19.1. The maximum atomic E-state index is 13.8. The van der Waals surface area contributed by atoms with Gasteiger partial charge in [-0.2, -0.15) is 0 Å². The maximum Gasteiger partial charge on any atom is 0.410 e. The van der Waals surface area contributed by atoms with Crippen LogP contribution in [0.2, 0.25) is 0 Å². The molecule has 4 rings (SSSR count). The lowest BCUT2D eigenvalue weighted by Crippen LogP contribution is -2.62. The number of fused-ring (bicyclic) bond motifs is 2. The molecule has 0 aliphatic carbocycles. The Labute approximate surface area is 168 Å². The van der Waals surface area contributed by atoms with Crippen molar-refractivity contribution in [2.75, 3.05) is 20.3 Å². The van der Waals surface area contributed by atoms with Crippen LogP contribution in [0.5, 0.6) is 5.75 Å². The Morgan fingerprint density at radius 2 is 1.90 bits per heavy atom. The van der Waals surface area contributed by atoms with Gasteiger partial charge < -0.3 is 19.3 Å². The summed E-state index contributed by atoms with van der Waals surface area (Å²) in [6.45, 7) is 0.824. The summed E-state index contributed by atoms with van der Waals surface area (Å²) in [4.78, 5) is 14.5. The highest BCUT2D eigenvalue weighted by Crippen LogP contribution is 2.42. The maximum absolute atomic E-state index is 13.8. The van der Waals surface area contributed by atoms with Crippen LogP contribution in [0.25, 0.3) is 0 Å². The lowest BCUT2D eigenvalue weighted by molar-refractivity contribution is -0.137. The molecule has 2 aromatic carbocycles. The van der Waals surface area contributed by atoms with E-state index in [-0.39, 0.29) is 37.3 Å². The summed E-state index contributed by atoms with van der Waals surface area (Å²) in [6.07, 6.45) is 0.142. The lowest BCUT2D eigenvalue weighted by atomic mass is 9.77. The number of hydrogen-bond donors (Lipinski definition) is 1. The van der Waals surface area contributed by atoms with Crippen LogP contribution in [0, 0.1) is 5.82 Å². The van der Waals surface area contributed by atoms with Gasteiger partial charge in [-0.1, -0.05) is 36.4 Å². The minimum atomic E-state index is -1.20. The average molecular weight is 401 g/mol. The van der Waals surface area contributed by atoms with Crippen molar-refractivity contribution < 1.29 is 28.5 Å². The predicted molar refractivity (Wildman–Crippen MR) is 103 cm³/mol. The lowest BCUT2D eigenvalue weighted by Gasteiger charge is -2.51. The van der Waals surface area contributed by atoms with Gasteiger partial charge in [0.05, 0.1) is 38.0 Å². The van der Waals surface area contributed by atoms with Gasteiger partial charge in [0.15, 0.2) is 11.6 Å². The summed E-state index contributed by atoms with van der Waals surface area (Å²) in [6, 6.07) is 13.2. The SMILES string of the molecule is COc1cc(C2(O)CC3COCC(C2)N3C(=O)OCc2ccccc2)ccc1F. The second-order valence-electron chi connectivity index (χ2n) is 7.58. The number of benzene rings is 2. The topological polar surface area (TPSA) is 68.2 Å². The highest BCUT2D eigenvalue weighted by Gasteiger charge is 2.49. The van der Waals surface area contributed by atoms with Crippen LogP contribution < -0.4 is 4.74 Å². The Balaban J connectivity index is 1.50. The van der Waals surface area contributed by atoms with E-state index in [0.717, 1.165) is 5.56 Å². The summed E-state index contributed by atoms with van der Waals surface area (Å²) >= 11 is 0. The first kappa shape index (κ1) is 19.7. The zero-order valence-electron chi connectivity index (χ0n) is 16.2. The Kier molecular flexibility index (Phi) is 5.43. The second kappa shape index (κ2) is 8.00. The number of ether oxygens (including phenoxy) is 3. The molecule has 2 aliphatic heterocycles. The van der Waals surface area contributed by atoms with Gasteiger partial charge in [0, 0.05) is 12.8 Å². The first-order valence-electron chi connectivity index (χ1n) is 9.63. The third-order valence-corrected chi connectivity index (χ3v) is 5.66. The minimum absolute atomic E-state index is 0.0852. The summed E-state index contributed by atoms with van der Waals surface area (Å²) in [7, 11) is 1.39. The normalized spacial score (nSPS) is 26.1. The van der Waals surface area contributed by atoms with Crippen LogP contribution in [0.3, 0.4) is 0 Å². The van der Waals surface area contributed by atoms with Crippen LogP contribution in [-0.4, -0.2) is 48.5 Å². The Hall–Kier alpha value is -2.64. The summed E-state index contributed by atoms with van der Waals surface area (Å²) in [5, 5.41) is 11.4. The van der Waals surface area contributed by atoms with Crippen molar-refractivity contribution in [2.24, 2.45) is 0 Å². The molecule has 1 N–H and O–H groups in total. The molecule has 2 saturated heterocycles. The van der Waals surface area contributed by atoms with Crippen molar-refractivity contribution in [2.45, 2.75) is 37.1 Å². The fourth-order valence-corrected chi connectivity index (χ4v) is 4.25. The smallest absolute Gasteiger partial charge is 0.410 e. The van der Waals surface area contributed by atoms with E-state index in [1.807, 2.05) is 30.3 Å². The molecule has 0 saturated carbocycles.